The zero-order chi connectivity index (χ0) is 15.4. The molecule has 22 heavy (non-hydrogen) atoms. The van der Waals surface area contributed by atoms with E-state index in [1.807, 2.05) is 0 Å². The highest BCUT2D eigenvalue weighted by molar-refractivity contribution is 9.13. The smallest absolute Gasteiger partial charge is 0.206 e. The Bertz CT molecular complexity index is 745. The fourth-order valence-corrected chi connectivity index (χ4v) is 4.82. The van der Waals surface area contributed by atoms with Crippen molar-refractivity contribution in [3.63, 3.8) is 0 Å². The highest BCUT2D eigenvalue weighted by Gasteiger charge is 2.27. The summed E-state index contributed by atoms with van der Waals surface area (Å²) in [6.07, 6.45) is 4.41. The van der Waals surface area contributed by atoms with Gasteiger partial charge in [-0.25, -0.2) is 4.98 Å². The molecule has 0 radical (unpaired) electrons. The second-order valence-corrected chi connectivity index (χ2v) is 8.01. The molecule has 1 aromatic heterocycles. The van der Waals surface area contributed by atoms with Gasteiger partial charge in [0.2, 0.25) is 5.95 Å². The van der Waals surface area contributed by atoms with Gasteiger partial charge in [0.1, 0.15) is 0 Å². The van der Waals surface area contributed by atoms with Crippen LogP contribution in [0.2, 0.25) is 0 Å². The van der Waals surface area contributed by atoms with E-state index in [4.69, 9.17) is 10.7 Å². The van der Waals surface area contributed by atoms with E-state index in [-0.39, 0.29) is 0 Å². The molecular formula is C16H20Br2N4. The lowest BCUT2D eigenvalue weighted by molar-refractivity contribution is 0.487. The average molecular weight is 428 g/mol. The van der Waals surface area contributed by atoms with Gasteiger partial charge < -0.3 is 15.2 Å². The second-order valence-electron chi connectivity index (χ2n) is 6.42. The molecule has 0 spiro atoms. The van der Waals surface area contributed by atoms with Crippen LogP contribution in [0.25, 0.3) is 11.0 Å². The average Bonchev–Trinajstić information content (AvgIpc) is 2.92. The molecule has 4 rings (SSSR count). The number of benzene rings is 1. The van der Waals surface area contributed by atoms with Gasteiger partial charge in [0.15, 0.2) is 0 Å². The molecular weight excluding hydrogens is 408 g/mol. The maximum absolute atomic E-state index is 6.05. The van der Waals surface area contributed by atoms with E-state index in [1.54, 1.807) is 0 Å². The first-order valence-electron chi connectivity index (χ1n) is 7.95. The molecule has 0 atom stereocenters. The van der Waals surface area contributed by atoms with Gasteiger partial charge >= 0.3 is 0 Å². The van der Waals surface area contributed by atoms with Gasteiger partial charge in [-0.2, -0.15) is 0 Å². The number of anilines is 1. The van der Waals surface area contributed by atoms with Crippen LogP contribution in [-0.4, -0.2) is 28.7 Å². The lowest BCUT2D eigenvalue weighted by Crippen LogP contribution is -2.41. The molecule has 2 N–H and O–H groups in total. The first kappa shape index (κ1) is 15.0. The van der Waals surface area contributed by atoms with Gasteiger partial charge in [-0.15, -0.1) is 0 Å². The first-order valence-corrected chi connectivity index (χ1v) is 9.53. The molecule has 1 fully saturated rings. The fraction of sp³-hybridized carbons (Fsp3) is 0.562. The predicted octanol–water partition coefficient (Wildman–Crippen LogP) is 3.74. The molecule has 0 amide bonds. The summed E-state index contributed by atoms with van der Waals surface area (Å²) in [5.74, 6) is 1.14. The lowest BCUT2D eigenvalue weighted by atomic mass is 10.0. The number of halogens is 2. The zero-order valence-electron chi connectivity index (χ0n) is 12.7. The normalized spacial score (nSPS) is 19.2. The third kappa shape index (κ3) is 2.14. The lowest BCUT2D eigenvalue weighted by Gasteiger charge is -2.32. The minimum Gasteiger partial charge on any atom is -0.342 e. The van der Waals surface area contributed by atoms with E-state index >= 15 is 0 Å². The molecule has 1 aromatic carbocycles. The molecule has 0 bridgehead atoms. The maximum Gasteiger partial charge on any atom is 0.206 e. The number of nitrogens with two attached hydrogens (primary N) is 1. The summed E-state index contributed by atoms with van der Waals surface area (Å²) >= 11 is 7.50. The van der Waals surface area contributed by atoms with Crippen molar-refractivity contribution in [1.29, 1.82) is 0 Å². The third-order valence-electron chi connectivity index (χ3n) is 5.01. The molecule has 6 heteroatoms. The van der Waals surface area contributed by atoms with Crippen molar-refractivity contribution >= 4 is 48.8 Å². The second kappa shape index (κ2) is 5.49. The van der Waals surface area contributed by atoms with E-state index in [1.165, 1.54) is 27.5 Å². The van der Waals surface area contributed by atoms with Gasteiger partial charge in [0.05, 0.1) is 11.0 Å². The van der Waals surface area contributed by atoms with Crippen LogP contribution < -0.4 is 10.6 Å². The van der Waals surface area contributed by atoms with Gasteiger partial charge in [-0.3, -0.25) is 0 Å². The standard InChI is InChI=1S/C16H20Br2N4/c1-9-12(17)13(18)11-3-2-6-22-15(11)14(9)20-16(22)21-7-4-10(19)5-8-21/h10H,2-8,19H2,1H3. The van der Waals surface area contributed by atoms with Crippen LogP contribution in [0.15, 0.2) is 8.95 Å². The van der Waals surface area contributed by atoms with Crippen molar-refractivity contribution in [3.8, 4) is 0 Å². The molecule has 118 valence electrons. The Morgan fingerprint density at radius 2 is 1.86 bits per heavy atom. The van der Waals surface area contributed by atoms with Gasteiger partial charge in [0, 0.05) is 34.6 Å². The monoisotopic (exact) mass is 426 g/mol. The Balaban J connectivity index is 1.91. The largest absolute Gasteiger partial charge is 0.342 e. The molecule has 2 aliphatic heterocycles. The molecule has 0 unspecified atom stereocenters. The minimum absolute atomic E-state index is 0.350. The first-order chi connectivity index (χ1) is 10.6. The quantitative estimate of drug-likeness (QED) is 0.753. The van der Waals surface area contributed by atoms with Crippen LogP contribution in [0.1, 0.15) is 30.4 Å². The number of imidazole rings is 1. The Morgan fingerprint density at radius 1 is 1.14 bits per heavy atom. The van der Waals surface area contributed by atoms with Gasteiger partial charge in [0.25, 0.3) is 0 Å². The van der Waals surface area contributed by atoms with E-state index in [9.17, 15) is 0 Å². The van der Waals surface area contributed by atoms with Crippen molar-refractivity contribution in [2.45, 2.75) is 45.2 Å². The Kier molecular flexibility index (Phi) is 3.74. The van der Waals surface area contributed by atoms with Crippen LogP contribution in [0.5, 0.6) is 0 Å². The molecule has 4 nitrogen and oxygen atoms in total. The van der Waals surface area contributed by atoms with Gasteiger partial charge in [-0.1, -0.05) is 0 Å². The van der Waals surface area contributed by atoms with Crippen molar-refractivity contribution in [1.82, 2.24) is 9.55 Å². The molecule has 2 aromatic rings. The Hall–Kier alpha value is -0.590. The van der Waals surface area contributed by atoms with Crippen LogP contribution in [0.4, 0.5) is 5.95 Å². The zero-order valence-corrected chi connectivity index (χ0v) is 15.9. The number of hydrogen-bond acceptors (Lipinski definition) is 3. The highest BCUT2D eigenvalue weighted by atomic mass is 79.9. The number of rotatable bonds is 1. The number of piperidine rings is 1. The molecule has 0 saturated carbocycles. The minimum atomic E-state index is 0.350. The van der Waals surface area contributed by atoms with E-state index < -0.39 is 0 Å². The van der Waals surface area contributed by atoms with Crippen LogP contribution in [0.3, 0.4) is 0 Å². The summed E-state index contributed by atoms with van der Waals surface area (Å²) in [5.41, 5.74) is 11.1. The summed E-state index contributed by atoms with van der Waals surface area (Å²) in [4.78, 5) is 7.45. The van der Waals surface area contributed by atoms with Gasteiger partial charge in [-0.05, 0) is 75.6 Å². The number of aromatic nitrogens is 2. The van der Waals surface area contributed by atoms with Crippen LogP contribution in [0, 0.1) is 6.92 Å². The summed E-state index contributed by atoms with van der Waals surface area (Å²) in [7, 11) is 0. The van der Waals surface area contributed by atoms with Crippen LogP contribution in [-0.2, 0) is 13.0 Å². The van der Waals surface area contributed by atoms with Crippen molar-refractivity contribution in [2.75, 3.05) is 18.0 Å². The summed E-state index contributed by atoms with van der Waals surface area (Å²) in [6.45, 7) is 5.24. The Labute approximate surface area is 147 Å². The third-order valence-corrected chi connectivity index (χ3v) is 7.40. The number of aryl methyl sites for hydroxylation is 3. The van der Waals surface area contributed by atoms with E-state index in [0.29, 0.717) is 6.04 Å². The molecule has 2 aliphatic rings. The van der Waals surface area contributed by atoms with Crippen molar-refractivity contribution < 1.29 is 0 Å². The SMILES string of the molecule is Cc1c(Br)c(Br)c2c3c1nc(N1CCC(N)CC1)n3CCC2. The van der Waals surface area contributed by atoms with Crippen LogP contribution >= 0.6 is 31.9 Å². The predicted molar refractivity (Wildman–Crippen MR) is 97.6 cm³/mol. The number of hydrogen-bond donors (Lipinski definition) is 1. The Morgan fingerprint density at radius 3 is 2.59 bits per heavy atom. The van der Waals surface area contributed by atoms with E-state index in [2.05, 4.69) is 48.3 Å². The van der Waals surface area contributed by atoms with Crippen molar-refractivity contribution in [2.24, 2.45) is 5.73 Å². The molecule has 3 heterocycles. The maximum atomic E-state index is 6.05. The van der Waals surface area contributed by atoms with Crippen molar-refractivity contribution in [3.05, 3.63) is 20.1 Å². The van der Waals surface area contributed by atoms with E-state index in [0.717, 1.165) is 54.8 Å². The summed E-state index contributed by atoms with van der Waals surface area (Å²) < 4.78 is 4.77. The topological polar surface area (TPSA) is 47.1 Å². The summed E-state index contributed by atoms with van der Waals surface area (Å²) in [5, 5.41) is 0. The molecule has 1 saturated heterocycles. The fourth-order valence-electron chi connectivity index (χ4n) is 3.71. The highest BCUT2D eigenvalue weighted by Crippen LogP contribution is 2.41. The molecule has 0 aliphatic carbocycles. The summed E-state index contributed by atoms with van der Waals surface area (Å²) in [6, 6.07) is 0.350. The number of nitrogens with zero attached hydrogens (tertiary/aromatic N) is 3.